The summed E-state index contributed by atoms with van der Waals surface area (Å²) >= 11 is 0. The first-order valence-electron chi connectivity index (χ1n) is 5.77. The molecule has 2 rings (SSSR count). The van der Waals surface area contributed by atoms with Crippen molar-refractivity contribution in [2.75, 3.05) is 0 Å². The molecule has 0 atom stereocenters. The molecule has 0 saturated heterocycles. The molecule has 1 N–H and O–H groups in total. The van der Waals surface area contributed by atoms with Gasteiger partial charge >= 0.3 is 0 Å². The van der Waals surface area contributed by atoms with Crippen molar-refractivity contribution in [1.29, 1.82) is 0 Å². The Bertz CT molecular complexity index is 375. The summed E-state index contributed by atoms with van der Waals surface area (Å²) in [6, 6.07) is 1.98. The third-order valence-corrected chi connectivity index (χ3v) is 2.96. The van der Waals surface area contributed by atoms with Crippen molar-refractivity contribution in [2.24, 2.45) is 0 Å². The highest BCUT2D eigenvalue weighted by atomic mass is 16.1. The molecule has 1 aliphatic rings. The highest BCUT2D eigenvalue weighted by Gasteiger charge is 2.16. The number of carbonyl (C=O) groups excluding carboxylic acids is 1. The fourth-order valence-corrected chi connectivity index (χ4v) is 2.10. The minimum Gasteiger partial charge on any atom is -0.349 e. The van der Waals surface area contributed by atoms with Gasteiger partial charge in [0.1, 0.15) is 7.85 Å². The molecular formula is C12H15BN2O. The molecule has 0 spiro atoms. The fourth-order valence-electron chi connectivity index (χ4n) is 2.10. The van der Waals surface area contributed by atoms with Gasteiger partial charge in [-0.25, -0.2) is 0 Å². The third kappa shape index (κ3) is 2.84. The average molecular weight is 214 g/mol. The Morgan fingerprint density at radius 1 is 1.31 bits per heavy atom. The minimum atomic E-state index is -0.0632. The van der Waals surface area contributed by atoms with Gasteiger partial charge < -0.3 is 5.32 Å². The van der Waals surface area contributed by atoms with E-state index in [1.165, 1.54) is 25.5 Å². The van der Waals surface area contributed by atoms with E-state index >= 15 is 0 Å². The molecule has 0 aliphatic heterocycles. The van der Waals surface area contributed by atoms with Crippen molar-refractivity contribution in [1.82, 2.24) is 10.3 Å². The first-order chi connectivity index (χ1) is 7.75. The Morgan fingerprint density at radius 3 is 2.75 bits per heavy atom. The van der Waals surface area contributed by atoms with Gasteiger partial charge in [-0.2, -0.15) is 0 Å². The molecule has 1 aromatic heterocycles. The topological polar surface area (TPSA) is 42.0 Å². The lowest BCUT2D eigenvalue weighted by Gasteiger charge is -2.22. The number of nitrogens with zero attached hydrogens (tertiary/aromatic N) is 1. The summed E-state index contributed by atoms with van der Waals surface area (Å²) in [4.78, 5) is 15.8. The molecule has 0 aromatic carbocycles. The van der Waals surface area contributed by atoms with Gasteiger partial charge in [-0.15, -0.1) is 0 Å². The Kier molecular flexibility index (Phi) is 3.60. The minimum absolute atomic E-state index is 0.0632. The number of nitrogens with one attached hydrogen (secondary N) is 1. The van der Waals surface area contributed by atoms with E-state index in [2.05, 4.69) is 10.3 Å². The summed E-state index contributed by atoms with van der Waals surface area (Å²) < 4.78 is 0. The van der Waals surface area contributed by atoms with Gasteiger partial charge in [-0.05, 0) is 12.8 Å². The lowest BCUT2D eigenvalue weighted by molar-refractivity contribution is 0.0927. The molecule has 4 heteroatoms. The molecule has 0 bridgehead atoms. The van der Waals surface area contributed by atoms with Crippen LogP contribution in [0.15, 0.2) is 18.5 Å². The SMILES string of the molecule is [B]c1cncc(C(=O)NC2CCCCC2)c1. The molecule has 1 fully saturated rings. The first-order valence-corrected chi connectivity index (χ1v) is 5.77. The maximum Gasteiger partial charge on any atom is 0.253 e. The lowest BCUT2D eigenvalue weighted by Crippen LogP contribution is -2.36. The number of rotatable bonds is 2. The van der Waals surface area contributed by atoms with Crippen molar-refractivity contribution in [2.45, 2.75) is 38.1 Å². The van der Waals surface area contributed by atoms with Gasteiger partial charge in [0.25, 0.3) is 5.91 Å². The summed E-state index contributed by atoms with van der Waals surface area (Å²) in [7, 11) is 5.59. The van der Waals surface area contributed by atoms with E-state index in [0.29, 0.717) is 17.1 Å². The Morgan fingerprint density at radius 2 is 2.06 bits per heavy atom. The van der Waals surface area contributed by atoms with E-state index in [-0.39, 0.29) is 5.91 Å². The number of hydrogen-bond acceptors (Lipinski definition) is 2. The largest absolute Gasteiger partial charge is 0.349 e. The van der Waals surface area contributed by atoms with Gasteiger partial charge in [0.2, 0.25) is 0 Å². The van der Waals surface area contributed by atoms with Crippen molar-refractivity contribution < 1.29 is 4.79 Å². The van der Waals surface area contributed by atoms with E-state index < -0.39 is 0 Å². The second-order valence-electron chi connectivity index (χ2n) is 4.32. The van der Waals surface area contributed by atoms with E-state index in [1.54, 1.807) is 12.3 Å². The van der Waals surface area contributed by atoms with E-state index in [4.69, 9.17) is 7.85 Å². The second-order valence-corrected chi connectivity index (χ2v) is 4.32. The van der Waals surface area contributed by atoms with Crippen LogP contribution in [0, 0.1) is 0 Å². The summed E-state index contributed by atoms with van der Waals surface area (Å²) in [5.41, 5.74) is 1.07. The van der Waals surface area contributed by atoms with Crippen molar-refractivity contribution >= 4 is 19.2 Å². The maximum atomic E-state index is 11.9. The second kappa shape index (κ2) is 5.15. The summed E-state index contributed by atoms with van der Waals surface area (Å²) in [6.07, 6.45) is 8.96. The molecule has 2 radical (unpaired) electrons. The smallest absolute Gasteiger partial charge is 0.253 e. The van der Waals surface area contributed by atoms with Gasteiger partial charge in [-0.3, -0.25) is 9.78 Å². The molecule has 16 heavy (non-hydrogen) atoms. The zero-order chi connectivity index (χ0) is 11.4. The number of carbonyl (C=O) groups is 1. The van der Waals surface area contributed by atoms with E-state index in [1.807, 2.05) is 0 Å². The van der Waals surface area contributed by atoms with Gasteiger partial charge in [-0.1, -0.05) is 30.8 Å². The summed E-state index contributed by atoms with van der Waals surface area (Å²) in [6.45, 7) is 0. The highest BCUT2D eigenvalue weighted by Crippen LogP contribution is 2.17. The van der Waals surface area contributed by atoms with Crippen LogP contribution in [0.25, 0.3) is 0 Å². The normalized spacial score (nSPS) is 17.0. The molecule has 3 nitrogen and oxygen atoms in total. The first kappa shape index (κ1) is 11.2. The highest BCUT2D eigenvalue weighted by molar-refractivity contribution is 6.32. The predicted octanol–water partition coefficient (Wildman–Crippen LogP) is 0.938. The van der Waals surface area contributed by atoms with Crippen LogP contribution in [0.2, 0.25) is 0 Å². The van der Waals surface area contributed by atoms with Crippen molar-refractivity contribution in [3.05, 3.63) is 24.0 Å². The summed E-state index contributed by atoms with van der Waals surface area (Å²) in [5, 5.41) is 3.03. The Hall–Kier alpha value is -1.32. The molecule has 1 aromatic rings. The maximum absolute atomic E-state index is 11.9. The van der Waals surface area contributed by atoms with E-state index in [9.17, 15) is 4.79 Å². The average Bonchev–Trinajstić information content (AvgIpc) is 2.30. The Labute approximate surface area is 97.1 Å². The zero-order valence-electron chi connectivity index (χ0n) is 9.28. The third-order valence-electron chi connectivity index (χ3n) is 2.96. The number of amides is 1. The van der Waals surface area contributed by atoms with Crippen LogP contribution in [0.1, 0.15) is 42.5 Å². The molecule has 1 amide bonds. The number of aromatic nitrogens is 1. The molecular weight excluding hydrogens is 199 g/mol. The van der Waals surface area contributed by atoms with Crippen LogP contribution < -0.4 is 10.8 Å². The zero-order valence-corrected chi connectivity index (χ0v) is 9.28. The molecule has 1 heterocycles. The van der Waals surface area contributed by atoms with E-state index in [0.717, 1.165) is 12.8 Å². The van der Waals surface area contributed by atoms with Crippen LogP contribution >= 0.6 is 0 Å². The van der Waals surface area contributed by atoms with Gasteiger partial charge in [0.05, 0.1) is 5.56 Å². The van der Waals surface area contributed by atoms with Gasteiger partial charge in [0, 0.05) is 18.4 Å². The quantitative estimate of drug-likeness (QED) is 0.744. The standard InChI is InChI=1S/C12H15BN2O/c13-10-6-9(7-14-8-10)12(16)15-11-4-2-1-3-5-11/h6-8,11H,1-5H2,(H,15,16). The predicted molar refractivity (Wildman–Crippen MR) is 64.0 cm³/mol. The fraction of sp³-hybridized carbons (Fsp3) is 0.500. The Balaban J connectivity index is 1.97. The van der Waals surface area contributed by atoms with Crippen molar-refractivity contribution in [3.8, 4) is 0 Å². The molecule has 1 saturated carbocycles. The summed E-state index contributed by atoms with van der Waals surface area (Å²) in [5.74, 6) is -0.0632. The van der Waals surface area contributed by atoms with Crippen LogP contribution in [-0.4, -0.2) is 24.8 Å². The number of hydrogen-bond donors (Lipinski definition) is 1. The molecule has 82 valence electrons. The van der Waals surface area contributed by atoms with Crippen LogP contribution in [0.4, 0.5) is 0 Å². The lowest BCUT2D eigenvalue weighted by atomic mass is 9.94. The molecule has 0 unspecified atom stereocenters. The van der Waals surface area contributed by atoms with Crippen LogP contribution in [0.3, 0.4) is 0 Å². The monoisotopic (exact) mass is 214 g/mol. The van der Waals surface area contributed by atoms with Gasteiger partial charge in [0.15, 0.2) is 0 Å². The van der Waals surface area contributed by atoms with Crippen molar-refractivity contribution in [3.63, 3.8) is 0 Å². The molecule has 1 aliphatic carbocycles. The van der Waals surface area contributed by atoms with Crippen LogP contribution in [-0.2, 0) is 0 Å². The number of pyridine rings is 1. The van der Waals surface area contributed by atoms with Crippen LogP contribution in [0.5, 0.6) is 0 Å².